The van der Waals surface area contributed by atoms with Gasteiger partial charge in [-0.15, -0.1) is 5.10 Å². The molecule has 1 N–H and O–H groups in total. The Morgan fingerprint density at radius 3 is 2.90 bits per heavy atom. The molecule has 3 rings (SSSR count). The predicted octanol–water partition coefficient (Wildman–Crippen LogP) is 3.67. The van der Waals surface area contributed by atoms with Gasteiger partial charge in [-0.3, -0.25) is 10.1 Å². The summed E-state index contributed by atoms with van der Waals surface area (Å²) in [6.45, 7) is 0.187. The maximum Gasteiger partial charge on any atom is 0.331 e. The average molecular weight is 448 g/mol. The molecule has 0 bridgehead atoms. The molecule has 0 aromatic heterocycles. The molecular formula is C20H15ClFN3O4S. The molecule has 1 heterocycles. The summed E-state index contributed by atoms with van der Waals surface area (Å²) in [6.07, 6.45) is 2.43. The van der Waals surface area contributed by atoms with Crippen molar-refractivity contribution in [2.75, 3.05) is 7.11 Å². The van der Waals surface area contributed by atoms with Gasteiger partial charge in [-0.1, -0.05) is 23.7 Å². The minimum absolute atomic E-state index is 0.142. The maximum absolute atomic E-state index is 13.7. The summed E-state index contributed by atoms with van der Waals surface area (Å²) in [4.78, 5) is 23.2. The highest BCUT2D eigenvalue weighted by Gasteiger charge is 2.25. The Labute approximate surface area is 180 Å². The second-order valence-corrected chi connectivity index (χ2v) is 7.31. The van der Waals surface area contributed by atoms with Crippen LogP contribution in [0.15, 0.2) is 63.6 Å². The van der Waals surface area contributed by atoms with E-state index >= 15 is 0 Å². The summed E-state index contributed by atoms with van der Waals surface area (Å²) >= 11 is 6.90. The minimum Gasteiger partial charge on any atom is -0.488 e. The second-order valence-electron chi connectivity index (χ2n) is 5.84. The molecule has 0 unspecified atom stereocenters. The first-order chi connectivity index (χ1) is 14.4. The normalized spacial score (nSPS) is 16.3. The highest BCUT2D eigenvalue weighted by atomic mass is 35.5. The zero-order valence-electron chi connectivity index (χ0n) is 15.6. The van der Waals surface area contributed by atoms with Crippen LogP contribution in [0.3, 0.4) is 0 Å². The molecule has 1 aliphatic rings. The van der Waals surface area contributed by atoms with Crippen molar-refractivity contribution in [3.05, 3.63) is 75.4 Å². The maximum atomic E-state index is 13.7. The van der Waals surface area contributed by atoms with Crippen LogP contribution in [-0.4, -0.2) is 30.4 Å². The van der Waals surface area contributed by atoms with Crippen LogP contribution >= 0.6 is 23.4 Å². The zero-order valence-corrected chi connectivity index (χ0v) is 17.2. The van der Waals surface area contributed by atoms with E-state index in [1.165, 1.54) is 31.5 Å². The number of methoxy groups -OCH3 is 1. The summed E-state index contributed by atoms with van der Waals surface area (Å²) in [5, 5.41) is 11.1. The standard InChI is InChI=1S/C20H15ClFN3O4S/c1-28-18(26)9-17-19(27)24-20(30-17)25-23-10-13-5-6-15(22)8-16(13)29-11-12-3-2-4-14(21)7-12/h2-10H,11H2,1H3,(H,24,25,27)/b17-9+,23-10?. The van der Waals surface area contributed by atoms with Gasteiger partial charge in [0.2, 0.25) is 0 Å². The van der Waals surface area contributed by atoms with Crippen LogP contribution in [0.4, 0.5) is 4.39 Å². The van der Waals surface area contributed by atoms with Gasteiger partial charge in [0, 0.05) is 22.7 Å². The van der Waals surface area contributed by atoms with E-state index in [0.29, 0.717) is 10.6 Å². The van der Waals surface area contributed by atoms with Crippen LogP contribution in [0, 0.1) is 5.82 Å². The molecule has 1 aliphatic heterocycles. The topological polar surface area (TPSA) is 89.3 Å². The fourth-order valence-corrected chi connectivity index (χ4v) is 3.26. The molecule has 7 nitrogen and oxygen atoms in total. The summed E-state index contributed by atoms with van der Waals surface area (Å²) in [7, 11) is 1.21. The molecular weight excluding hydrogens is 433 g/mol. The van der Waals surface area contributed by atoms with Crippen LogP contribution in [0.2, 0.25) is 5.02 Å². The number of rotatable bonds is 6. The number of carbonyl (C=O) groups excluding carboxylic acids is 2. The van der Waals surface area contributed by atoms with Crippen LogP contribution < -0.4 is 10.1 Å². The summed E-state index contributed by atoms with van der Waals surface area (Å²) < 4.78 is 23.8. The zero-order chi connectivity index (χ0) is 21.5. The van der Waals surface area contributed by atoms with E-state index in [2.05, 4.69) is 20.3 Å². The molecule has 1 saturated heterocycles. The second kappa shape index (κ2) is 10.0. The van der Waals surface area contributed by atoms with E-state index in [-0.39, 0.29) is 22.4 Å². The van der Waals surface area contributed by atoms with Crippen molar-refractivity contribution in [1.82, 2.24) is 5.32 Å². The largest absolute Gasteiger partial charge is 0.488 e. The van der Waals surface area contributed by atoms with Crippen molar-refractivity contribution >= 4 is 46.6 Å². The number of hydrogen-bond acceptors (Lipinski definition) is 7. The Kier molecular flexibility index (Phi) is 7.21. The highest BCUT2D eigenvalue weighted by Crippen LogP contribution is 2.24. The van der Waals surface area contributed by atoms with Crippen molar-refractivity contribution in [3.63, 3.8) is 0 Å². The van der Waals surface area contributed by atoms with E-state index < -0.39 is 17.7 Å². The molecule has 0 atom stereocenters. The van der Waals surface area contributed by atoms with Gasteiger partial charge in [0.15, 0.2) is 5.17 Å². The summed E-state index contributed by atoms with van der Waals surface area (Å²) in [5.74, 6) is -1.32. The van der Waals surface area contributed by atoms with Crippen molar-refractivity contribution in [2.45, 2.75) is 6.61 Å². The van der Waals surface area contributed by atoms with Crippen LogP contribution in [0.1, 0.15) is 11.1 Å². The Bertz CT molecular complexity index is 1070. The molecule has 0 saturated carbocycles. The van der Waals surface area contributed by atoms with Crippen molar-refractivity contribution < 1.29 is 23.5 Å². The molecule has 2 aromatic carbocycles. The average Bonchev–Trinajstić information content (AvgIpc) is 3.06. The Morgan fingerprint density at radius 2 is 2.13 bits per heavy atom. The highest BCUT2D eigenvalue weighted by molar-refractivity contribution is 8.18. The molecule has 154 valence electrons. The molecule has 1 amide bonds. The Hall–Kier alpha value is -3.17. The lowest BCUT2D eigenvalue weighted by atomic mass is 10.2. The molecule has 0 spiro atoms. The number of carbonyl (C=O) groups is 2. The number of hydrogen-bond donors (Lipinski definition) is 1. The SMILES string of the molecule is COC(=O)/C=C1/S/C(=N\N=Cc2ccc(F)cc2OCc2cccc(Cl)c2)NC1=O. The van der Waals surface area contributed by atoms with Crippen molar-refractivity contribution in [2.24, 2.45) is 10.2 Å². The summed E-state index contributed by atoms with van der Waals surface area (Å²) in [6, 6.07) is 11.1. The van der Waals surface area contributed by atoms with Gasteiger partial charge in [-0.05, 0) is 41.6 Å². The van der Waals surface area contributed by atoms with E-state index in [0.717, 1.165) is 23.4 Å². The Balaban J connectivity index is 1.71. The van der Waals surface area contributed by atoms with Crippen molar-refractivity contribution in [3.8, 4) is 5.75 Å². The van der Waals surface area contributed by atoms with Gasteiger partial charge < -0.3 is 9.47 Å². The number of ether oxygens (including phenoxy) is 2. The van der Waals surface area contributed by atoms with E-state index in [1.807, 2.05) is 6.07 Å². The minimum atomic E-state index is -0.648. The third kappa shape index (κ3) is 5.91. The quantitative estimate of drug-likeness (QED) is 0.316. The van der Waals surface area contributed by atoms with Crippen LogP contribution in [-0.2, 0) is 20.9 Å². The number of amides is 1. The van der Waals surface area contributed by atoms with E-state index in [9.17, 15) is 14.0 Å². The third-order valence-electron chi connectivity index (χ3n) is 3.71. The monoisotopic (exact) mass is 447 g/mol. The number of benzene rings is 2. The smallest absolute Gasteiger partial charge is 0.331 e. The fraction of sp³-hybridized carbons (Fsp3) is 0.100. The number of esters is 1. The van der Waals surface area contributed by atoms with Crippen LogP contribution in [0.25, 0.3) is 0 Å². The predicted molar refractivity (Wildman–Crippen MR) is 113 cm³/mol. The van der Waals surface area contributed by atoms with Crippen molar-refractivity contribution in [1.29, 1.82) is 0 Å². The van der Waals surface area contributed by atoms with Crippen LogP contribution in [0.5, 0.6) is 5.75 Å². The molecule has 30 heavy (non-hydrogen) atoms. The number of thioether (sulfide) groups is 1. The first-order valence-corrected chi connectivity index (χ1v) is 9.70. The van der Waals surface area contributed by atoms with Gasteiger partial charge in [0.1, 0.15) is 18.2 Å². The number of amidine groups is 1. The molecule has 1 fully saturated rings. The first kappa shape index (κ1) is 21.5. The van der Waals surface area contributed by atoms with E-state index in [4.69, 9.17) is 16.3 Å². The molecule has 0 radical (unpaired) electrons. The van der Waals surface area contributed by atoms with Gasteiger partial charge in [0.25, 0.3) is 5.91 Å². The third-order valence-corrected chi connectivity index (χ3v) is 4.84. The number of nitrogens with zero attached hydrogens (tertiary/aromatic N) is 2. The first-order valence-electron chi connectivity index (χ1n) is 8.51. The van der Waals surface area contributed by atoms with Gasteiger partial charge in [-0.25, -0.2) is 9.18 Å². The fourth-order valence-electron chi connectivity index (χ4n) is 2.31. The Morgan fingerprint density at radius 1 is 1.30 bits per heavy atom. The van der Waals surface area contributed by atoms with Gasteiger partial charge in [0.05, 0.1) is 18.2 Å². The lowest BCUT2D eigenvalue weighted by molar-refractivity contribution is -0.135. The lowest BCUT2D eigenvalue weighted by Gasteiger charge is -2.09. The lowest BCUT2D eigenvalue weighted by Crippen LogP contribution is -2.19. The van der Waals surface area contributed by atoms with E-state index in [1.54, 1.807) is 18.2 Å². The van der Waals surface area contributed by atoms with Gasteiger partial charge in [-0.2, -0.15) is 5.10 Å². The van der Waals surface area contributed by atoms with Gasteiger partial charge >= 0.3 is 5.97 Å². The number of halogens is 2. The molecule has 10 heteroatoms. The molecule has 0 aliphatic carbocycles. The summed E-state index contributed by atoms with van der Waals surface area (Å²) in [5.41, 5.74) is 1.31. The number of nitrogens with one attached hydrogen (secondary N) is 1. The molecule has 2 aromatic rings.